The second-order valence-corrected chi connectivity index (χ2v) is 6.65. The molecule has 122 valence electrons. The zero-order valence-electron chi connectivity index (χ0n) is 14.1. The van der Waals surface area contributed by atoms with Gasteiger partial charge in [-0.15, -0.1) is 11.3 Å². The maximum Gasteiger partial charge on any atom is 0.173 e. The summed E-state index contributed by atoms with van der Waals surface area (Å²) in [5.41, 5.74) is 4.44. The average Bonchev–Trinajstić information content (AvgIpc) is 2.99. The lowest BCUT2D eigenvalue weighted by molar-refractivity contribution is 0.0992. The summed E-state index contributed by atoms with van der Waals surface area (Å²) < 4.78 is 5.24. The van der Waals surface area contributed by atoms with Gasteiger partial charge in [0.25, 0.3) is 0 Å². The molecule has 0 fully saturated rings. The van der Waals surface area contributed by atoms with Gasteiger partial charge in [0.05, 0.1) is 12.0 Å². The number of methoxy groups -OCH3 is 1. The lowest BCUT2D eigenvalue weighted by Crippen LogP contribution is -1.95. The van der Waals surface area contributed by atoms with Crippen molar-refractivity contribution in [2.75, 3.05) is 7.11 Å². The van der Waals surface area contributed by atoms with Crippen molar-refractivity contribution in [2.45, 2.75) is 20.3 Å². The van der Waals surface area contributed by atoms with E-state index in [0.717, 1.165) is 37.8 Å². The second kappa shape index (κ2) is 7.02. The van der Waals surface area contributed by atoms with Crippen molar-refractivity contribution >= 4 is 17.1 Å². The standard InChI is InChI=1S/C21H20O2S/c1-4-18(22)21-19(15-8-6-5-7-9-15)14(2)20(24-21)16-10-12-17(23-3)13-11-16/h5-13H,4H2,1-3H3. The van der Waals surface area contributed by atoms with Crippen molar-refractivity contribution in [1.29, 1.82) is 0 Å². The molecule has 0 aliphatic heterocycles. The summed E-state index contributed by atoms with van der Waals surface area (Å²) in [5, 5.41) is 0. The zero-order chi connectivity index (χ0) is 17.1. The molecule has 24 heavy (non-hydrogen) atoms. The number of thiophene rings is 1. The van der Waals surface area contributed by atoms with E-state index in [0.29, 0.717) is 6.42 Å². The Labute approximate surface area is 146 Å². The molecule has 0 atom stereocenters. The first kappa shape index (κ1) is 16.5. The number of carbonyl (C=O) groups is 1. The molecule has 0 saturated heterocycles. The first-order chi connectivity index (χ1) is 11.7. The van der Waals surface area contributed by atoms with E-state index in [2.05, 4.69) is 19.1 Å². The number of hydrogen-bond donors (Lipinski definition) is 0. The average molecular weight is 336 g/mol. The van der Waals surface area contributed by atoms with E-state index in [4.69, 9.17) is 4.74 Å². The highest BCUT2D eigenvalue weighted by Crippen LogP contribution is 2.42. The van der Waals surface area contributed by atoms with Gasteiger partial charge in [0.15, 0.2) is 5.78 Å². The summed E-state index contributed by atoms with van der Waals surface area (Å²) >= 11 is 1.59. The van der Waals surface area contributed by atoms with Gasteiger partial charge in [-0.3, -0.25) is 4.79 Å². The smallest absolute Gasteiger partial charge is 0.173 e. The van der Waals surface area contributed by atoms with Crippen molar-refractivity contribution in [2.24, 2.45) is 0 Å². The summed E-state index contributed by atoms with van der Waals surface area (Å²) in [6.07, 6.45) is 0.516. The Balaban J connectivity index is 2.18. The number of ketones is 1. The van der Waals surface area contributed by atoms with E-state index in [1.165, 1.54) is 0 Å². The summed E-state index contributed by atoms with van der Waals surface area (Å²) in [6, 6.07) is 18.2. The van der Waals surface area contributed by atoms with Crippen molar-refractivity contribution in [3.8, 4) is 27.3 Å². The SMILES string of the molecule is CCC(=O)c1sc(-c2ccc(OC)cc2)c(C)c1-c1ccccc1. The molecule has 3 aromatic rings. The lowest BCUT2D eigenvalue weighted by Gasteiger charge is -2.05. The summed E-state index contributed by atoms with van der Waals surface area (Å²) in [6.45, 7) is 4.02. The first-order valence-electron chi connectivity index (χ1n) is 8.02. The molecule has 0 aliphatic carbocycles. The normalized spacial score (nSPS) is 10.6. The van der Waals surface area contributed by atoms with Gasteiger partial charge in [0.2, 0.25) is 0 Å². The number of hydrogen-bond acceptors (Lipinski definition) is 3. The molecule has 0 radical (unpaired) electrons. The Morgan fingerprint density at radius 3 is 2.25 bits per heavy atom. The van der Waals surface area contributed by atoms with Gasteiger partial charge in [0.1, 0.15) is 5.75 Å². The minimum Gasteiger partial charge on any atom is -0.497 e. The Morgan fingerprint density at radius 2 is 1.67 bits per heavy atom. The first-order valence-corrected chi connectivity index (χ1v) is 8.83. The quantitative estimate of drug-likeness (QED) is 0.535. The largest absolute Gasteiger partial charge is 0.497 e. The van der Waals surface area contributed by atoms with Gasteiger partial charge < -0.3 is 4.74 Å². The molecular weight excluding hydrogens is 316 g/mol. The van der Waals surface area contributed by atoms with E-state index in [-0.39, 0.29) is 5.78 Å². The number of rotatable bonds is 5. The molecule has 0 unspecified atom stereocenters. The molecule has 1 heterocycles. The summed E-state index contributed by atoms with van der Waals surface area (Å²) in [5.74, 6) is 1.03. The van der Waals surface area contributed by atoms with Crippen molar-refractivity contribution < 1.29 is 9.53 Å². The number of Topliss-reactive ketones (excluding diaryl/α,β-unsaturated/α-hetero) is 1. The van der Waals surface area contributed by atoms with Crippen LogP contribution < -0.4 is 4.74 Å². The van der Waals surface area contributed by atoms with Crippen LogP contribution in [0.15, 0.2) is 54.6 Å². The maximum atomic E-state index is 12.5. The minimum atomic E-state index is 0.196. The van der Waals surface area contributed by atoms with Crippen LogP contribution in [-0.2, 0) is 0 Å². The fourth-order valence-electron chi connectivity index (χ4n) is 2.84. The molecule has 0 aliphatic rings. The van der Waals surface area contributed by atoms with Crippen LogP contribution in [0.2, 0.25) is 0 Å². The van der Waals surface area contributed by atoms with E-state index >= 15 is 0 Å². The van der Waals surface area contributed by atoms with Crippen LogP contribution in [0.4, 0.5) is 0 Å². The summed E-state index contributed by atoms with van der Waals surface area (Å²) in [7, 11) is 1.66. The predicted octanol–water partition coefficient (Wildman–Crippen LogP) is 5.99. The van der Waals surface area contributed by atoms with Gasteiger partial charge in [0, 0.05) is 16.9 Å². The molecule has 0 spiro atoms. The fourth-order valence-corrected chi connectivity index (χ4v) is 4.18. The van der Waals surface area contributed by atoms with Crippen LogP contribution in [-0.4, -0.2) is 12.9 Å². The van der Waals surface area contributed by atoms with Crippen LogP contribution >= 0.6 is 11.3 Å². The minimum absolute atomic E-state index is 0.196. The Morgan fingerprint density at radius 1 is 1.00 bits per heavy atom. The van der Waals surface area contributed by atoms with E-state index in [1.54, 1.807) is 18.4 Å². The van der Waals surface area contributed by atoms with Crippen LogP contribution in [0.25, 0.3) is 21.6 Å². The number of ether oxygens (including phenoxy) is 1. The van der Waals surface area contributed by atoms with Gasteiger partial charge in [-0.1, -0.05) is 37.3 Å². The van der Waals surface area contributed by atoms with E-state index < -0.39 is 0 Å². The van der Waals surface area contributed by atoms with E-state index in [9.17, 15) is 4.79 Å². The highest BCUT2D eigenvalue weighted by atomic mass is 32.1. The van der Waals surface area contributed by atoms with Gasteiger partial charge in [-0.05, 0) is 47.9 Å². The highest BCUT2D eigenvalue weighted by molar-refractivity contribution is 7.18. The van der Waals surface area contributed by atoms with Gasteiger partial charge >= 0.3 is 0 Å². The van der Waals surface area contributed by atoms with Crippen LogP contribution in [0.1, 0.15) is 28.6 Å². The number of carbonyl (C=O) groups excluding carboxylic acids is 1. The molecular formula is C21H20O2S. The fraction of sp³-hybridized carbons (Fsp3) is 0.190. The molecule has 2 aromatic carbocycles. The highest BCUT2D eigenvalue weighted by Gasteiger charge is 2.21. The molecule has 0 N–H and O–H groups in total. The second-order valence-electron chi connectivity index (χ2n) is 5.63. The molecule has 0 saturated carbocycles. The third kappa shape index (κ3) is 3.00. The molecule has 3 rings (SSSR count). The molecule has 0 amide bonds. The zero-order valence-corrected chi connectivity index (χ0v) is 14.9. The monoisotopic (exact) mass is 336 g/mol. The van der Waals surface area contributed by atoms with Crippen LogP contribution in [0.3, 0.4) is 0 Å². The Hall–Kier alpha value is -2.39. The Bertz CT molecular complexity index is 846. The third-order valence-electron chi connectivity index (χ3n) is 4.14. The lowest BCUT2D eigenvalue weighted by atomic mass is 9.97. The predicted molar refractivity (Wildman–Crippen MR) is 101 cm³/mol. The third-order valence-corrected chi connectivity index (χ3v) is 5.52. The van der Waals surface area contributed by atoms with Crippen molar-refractivity contribution in [3.63, 3.8) is 0 Å². The molecule has 3 heteroatoms. The van der Waals surface area contributed by atoms with Crippen LogP contribution in [0, 0.1) is 6.92 Å². The van der Waals surface area contributed by atoms with Crippen molar-refractivity contribution in [1.82, 2.24) is 0 Å². The van der Waals surface area contributed by atoms with Gasteiger partial charge in [-0.25, -0.2) is 0 Å². The van der Waals surface area contributed by atoms with E-state index in [1.807, 2.05) is 49.4 Å². The van der Waals surface area contributed by atoms with Crippen LogP contribution in [0.5, 0.6) is 5.75 Å². The van der Waals surface area contributed by atoms with Gasteiger partial charge in [-0.2, -0.15) is 0 Å². The number of benzene rings is 2. The maximum absolute atomic E-state index is 12.5. The molecule has 0 bridgehead atoms. The Kier molecular flexibility index (Phi) is 4.81. The molecule has 1 aromatic heterocycles. The summed E-state index contributed by atoms with van der Waals surface area (Å²) in [4.78, 5) is 14.5. The topological polar surface area (TPSA) is 26.3 Å². The van der Waals surface area contributed by atoms with Crippen molar-refractivity contribution in [3.05, 3.63) is 65.0 Å². The molecule has 2 nitrogen and oxygen atoms in total.